The van der Waals surface area contributed by atoms with Gasteiger partial charge >= 0.3 is 0 Å². The largest absolute Gasteiger partial charge is 0.467 e. The molecule has 25 heavy (non-hydrogen) atoms. The average molecular weight is 373 g/mol. The highest BCUT2D eigenvalue weighted by atomic mass is 32.2. The minimum absolute atomic E-state index is 0.168. The molecule has 0 saturated heterocycles. The Morgan fingerprint density at radius 2 is 2.24 bits per heavy atom. The summed E-state index contributed by atoms with van der Waals surface area (Å²) in [5.74, 6) is 0.742. The normalized spacial score (nSPS) is 11.0. The highest BCUT2D eigenvalue weighted by Crippen LogP contribution is 2.22. The number of hydrogen-bond acceptors (Lipinski definition) is 9. The molecule has 0 aliphatic heterocycles. The molecule has 0 fully saturated rings. The molecule has 3 heterocycles. The fourth-order valence-electron chi connectivity index (χ4n) is 2.17. The second-order valence-corrected chi connectivity index (χ2v) is 6.44. The summed E-state index contributed by atoms with van der Waals surface area (Å²) in [6, 6.07) is 9.12. The van der Waals surface area contributed by atoms with Crippen molar-refractivity contribution in [3.63, 3.8) is 0 Å². The molecule has 9 nitrogen and oxygen atoms in total. The maximum absolute atomic E-state index is 12.2. The summed E-state index contributed by atoms with van der Waals surface area (Å²) in [6.45, 7) is 0.410. The van der Waals surface area contributed by atoms with Crippen molar-refractivity contribution in [2.24, 2.45) is 0 Å². The Morgan fingerprint density at radius 3 is 3.12 bits per heavy atom. The van der Waals surface area contributed by atoms with Gasteiger partial charge in [0.15, 0.2) is 0 Å². The van der Waals surface area contributed by atoms with Gasteiger partial charge in [0.25, 0.3) is 0 Å². The summed E-state index contributed by atoms with van der Waals surface area (Å²) in [5, 5.41) is 14.9. The molecule has 0 aliphatic carbocycles. The molecule has 1 aromatic carbocycles. The standard InChI is InChI=1S/C14H11N7O2S2/c22-12(15-10-4-1-5-11-13(10)18-25-17-11)8-24-14-16-19-20-21(14)7-9-3-2-6-23-9/h1-6H,7-8H2,(H,15,22). The summed E-state index contributed by atoms with van der Waals surface area (Å²) in [5.41, 5.74) is 2.10. The highest BCUT2D eigenvalue weighted by Gasteiger charge is 2.13. The first-order chi connectivity index (χ1) is 12.3. The highest BCUT2D eigenvalue weighted by molar-refractivity contribution is 7.99. The molecule has 11 heteroatoms. The Morgan fingerprint density at radius 1 is 1.28 bits per heavy atom. The zero-order chi connectivity index (χ0) is 17.1. The third-order valence-electron chi connectivity index (χ3n) is 3.28. The number of thioether (sulfide) groups is 1. The van der Waals surface area contributed by atoms with Crippen molar-refractivity contribution in [2.45, 2.75) is 11.7 Å². The van der Waals surface area contributed by atoms with Crippen molar-refractivity contribution < 1.29 is 9.21 Å². The molecule has 0 atom stereocenters. The average Bonchev–Trinajstić information content (AvgIpc) is 3.35. The second-order valence-electron chi connectivity index (χ2n) is 4.97. The van der Waals surface area contributed by atoms with Crippen LogP contribution in [0.4, 0.5) is 5.69 Å². The third-order valence-corrected chi connectivity index (χ3v) is 4.78. The minimum Gasteiger partial charge on any atom is -0.467 e. The van der Waals surface area contributed by atoms with E-state index >= 15 is 0 Å². The van der Waals surface area contributed by atoms with Crippen LogP contribution >= 0.6 is 23.5 Å². The van der Waals surface area contributed by atoms with Gasteiger partial charge in [0.2, 0.25) is 11.1 Å². The van der Waals surface area contributed by atoms with Gasteiger partial charge < -0.3 is 9.73 Å². The molecule has 0 unspecified atom stereocenters. The quantitative estimate of drug-likeness (QED) is 0.511. The zero-order valence-corrected chi connectivity index (χ0v) is 14.3. The van der Waals surface area contributed by atoms with E-state index in [0.717, 1.165) is 23.0 Å². The van der Waals surface area contributed by atoms with Gasteiger partial charge in [0.05, 0.1) is 29.4 Å². The van der Waals surface area contributed by atoms with Crippen molar-refractivity contribution in [1.82, 2.24) is 29.0 Å². The zero-order valence-electron chi connectivity index (χ0n) is 12.7. The van der Waals surface area contributed by atoms with Gasteiger partial charge in [-0.05, 0) is 34.7 Å². The fourth-order valence-corrected chi connectivity index (χ4v) is 3.40. The van der Waals surface area contributed by atoms with Gasteiger partial charge in [0.1, 0.15) is 23.3 Å². The predicted octanol–water partition coefficient (Wildman–Crippen LogP) is 2.05. The van der Waals surface area contributed by atoms with Gasteiger partial charge in [-0.15, -0.1) is 5.10 Å². The van der Waals surface area contributed by atoms with Gasteiger partial charge in [0, 0.05) is 0 Å². The Balaban J connectivity index is 1.39. The van der Waals surface area contributed by atoms with Crippen LogP contribution in [0, 0.1) is 0 Å². The molecule has 0 aliphatic rings. The molecular weight excluding hydrogens is 362 g/mol. The number of aromatic nitrogens is 6. The van der Waals surface area contributed by atoms with Crippen LogP contribution in [0.25, 0.3) is 11.0 Å². The van der Waals surface area contributed by atoms with Crippen molar-refractivity contribution in [1.29, 1.82) is 0 Å². The third kappa shape index (κ3) is 3.51. The number of hydrogen-bond donors (Lipinski definition) is 1. The Labute approximate surface area is 149 Å². The Kier molecular flexibility index (Phi) is 4.39. The summed E-state index contributed by atoms with van der Waals surface area (Å²) < 4.78 is 15.2. The van der Waals surface area contributed by atoms with Gasteiger partial charge in [-0.2, -0.15) is 8.75 Å². The first-order valence-electron chi connectivity index (χ1n) is 7.22. The van der Waals surface area contributed by atoms with E-state index in [1.54, 1.807) is 23.1 Å². The molecule has 3 aromatic heterocycles. The van der Waals surface area contributed by atoms with Crippen LogP contribution in [0.2, 0.25) is 0 Å². The van der Waals surface area contributed by atoms with Crippen LogP contribution < -0.4 is 5.32 Å². The Bertz CT molecular complexity index is 996. The smallest absolute Gasteiger partial charge is 0.234 e. The fraction of sp³-hybridized carbons (Fsp3) is 0.143. The van der Waals surface area contributed by atoms with Gasteiger partial charge in [-0.1, -0.05) is 17.8 Å². The molecular formula is C14H11N7O2S2. The van der Waals surface area contributed by atoms with Crippen LogP contribution in [-0.2, 0) is 11.3 Å². The number of benzene rings is 1. The number of rotatable bonds is 6. The summed E-state index contributed by atoms with van der Waals surface area (Å²) in [7, 11) is 0. The van der Waals surface area contributed by atoms with Gasteiger partial charge in [-0.3, -0.25) is 4.79 Å². The maximum atomic E-state index is 12.2. The first kappa shape index (κ1) is 15.7. The lowest BCUT2D eigenvalue weighted by Gasteiger charge is -2.05. The monoisotopic (exact) mass is 373 g/mol. The lowest BCUT2D eigenvalue weighted by Crippen LogP contribution is -2.15. The van der Waals surface area contributed by atoms with Crippen molar-refractivity contribution >= 4 is 46.1 Å². The number of nitrogens with zero attached hydrogens (tertiary/aromatic N) is 6. The molecule has 4 rings (SSSR count). The van der Waals surface area contributed by atoms with Crippen LogP contribution in [0.3, 0.4) is 0 Å². The van der Waals surface area contributed by atoms with Crippen LogP contribution in [0.1, 0.15) is 5.76 Å². The number of anilines is 1. The molecule has 0 bridgehead atoms. The number of tetrazole rings is 1. The van der Waals surface area contributed by atoms with Crippen molar-refractivity contribution in [2.75, 3.05) is 11.1 Å². The van der Waals surface area contributed by atoms with E-state index in [1.807, 2.05) is 18.2 Å². The van der Waals surface area contributed by atoms with E-state index in [0.29, 0.717) is 22.9 Å². The van der Waals surface area contributed by atoms with Crippen LogP contribution in [-0.4, -0.2) is 40.6 Å². The van der Waals surface area contributed by atoms with E-state index in [9.17, 15) is 4.79 Å². The predicted molar refractivity (Wildman–Crippen MR) is 92.4 cm³/mol. The number of furan rings is 1. The number of fused-ring (bicyclic) bond motifs is 1. The number of carbonyl (C=O) groups excluding carboxylic acids is 1. The molecule has 1 N–H and O–H groups in total. The number of carbonyl (C=O) groups is 1. The molecule has 0 radical (unpaired) electrons. The SMILES string of the molecule is O=C(CSc1nnnn1Cc1ccco1)Nc1cccc2nsnc12. The Hall–Kier alpha value is -2.79. The molecule has 0 saturated carbocycles. The minimum atomic E-state index is -0.168. The van der Waals surface area contributed by atoms with E-state index in [4.69, 9.17) is 4.42 Å². The first-order valence-corrected chi connectivity index (χ1v) is 8.93. The molecule has 4 aromatic rings. The maximum Gasteiger partial charge on any atom is 0.234 e. The van der Waals surface area contributed by atoms with Crippen LogP contribution in [0.15, 0.2) is 46.2 Å². The molecule has 126 valence electrons. The second kappa shape index (κ2) is 6.99. The lowest BCUT2D eigenvalue weighted by molar-refractivity contribution is -0.113. The van der Waals surface area contributed by atoms with Crippen molar-refractivity contribution in [3.8, 4) is 0 Å². The summed E-state index contributed by atoms with van der Waals surface area (Å²) >= 11 is 2.36. The van der Waals surface area contributed by atoms with E-state index in [1.165, 1.54) is 11.8 Å². The van der Waals surface area contributed by atoms with E-state index in [2.05, 4.69) is 29.6 Å². The van der Waals surface area contributed by atoms with Gasteiger partial charge in [-0.25, -0.2) is 4.68 Å². The lowest BCUT2D eigenvalue weighted by atomic mass is 10.2. The topological polar surface area (TPSA) is 112 Å². The van der Waals surface area contributed by atoms with E-state index in [-0.39, 0.29) is 11.7 Å². The summed E-state index contributed by atoms with van der Waals surface area (Å²) in [4.78, 5) is 12.2. The van der Waals surface area contributed by atoms with Crippen LogP contribution in [0.5, 0.6) is 0 Å². The van der Waals surface area contributed by atoms with E-state index < -0.39 is 0 Å². The molecule has 0 spiro atoms. The number of nitrogens with one attached hydrogen (secondary N) is 1. The van der Waals surface area contributed by atoms with Crippen molar-refractivity contribution in [3.05, 3.63) is 42.4 Å². The molecule has 1 amide bonds. The number of amides is 1. The summed E-state index contributed by atoms with van der Waals surface area (Å²) in [6.07, 6.45) is 1.59.